The van der Waals surface area contributed by atoms with Crippen LogP contribution in [0.2, 0.25) is 0 Å². The van der Waals surface area contributed by atoms with Gasteiger partial charge in [0.25, 0.3) is 5.91 Å². The van der Waals surface area contributed by atoms with Gasteiger partial charge in [0.15, 0.2) is 0 Å². The van der Waals surface area contributed by atoms with Crippen molar-refractivity contribution in [1.82, 2.24) is 5.43 Å². The highest BCUT2D eigenvalue weighted by Gasteiger charge is 2.09. The molecule has 0 fully saturated rings. The number of carbonyl (C=O) groups excluding carboxylic acids is 1. The van der Waals surface area contributed by atoms with Crippen molar-refractivity contribution in [1.29, 1.82) is 0 Å². The third-order valence-corrected chi connectivity index (χ3v) is 2.82. The topological polar surface area (TPSA) is 87.7 Å². The zero-order chi connectivity index (χ0) is 14.5. The number of nitrogen functional groups attached to an aromatic ring is 1. The van der Waals surface area contributed by atoms with Gasteiger partial charge >= 0.3 is 0 Å². The van der Waals surface area contributed by atoms with Crippen LogP contribution >= 0.6 is 0 Å². The minimum absolute atomic E-state index is 0.0860. The largest absolute Gasteiger partial charge is 0.507 e. The standard InChI is InChI=1S/C15H15N3O2/c1-10(11-6-2-4-8-13(11)16)17-18-15(20)12-7-3-5-9-14(12)19/h2-9,19H,16H2,1H3,(H,18,20)/b17-10+. The average Bonchev–Trinajstić information content (AvgIpc) is 2.45. The molecular weight excluding hydrogens is 254 g/mol. The lowest BCUT2D eigenvalue weighted by atomic mass is 10.1. The fourth-order valence-electron chi connectivity index (χ4n) is 1.75. The van der Waals surface area contributed by atoms with E-state index >= 15 is 0 Å². The summed E-state index contributed by atoms with van der Waals surface area (Å²) in [5.41, 5.74) is 10.3. The highest BCUT2D eigenvalue weighted by Crippen LogP contribution is 2.15. The number of aromatic hydroxyl groups is 1. The fourth-order valence-corrected chi connectivity index (χ4v) is 1.75. The summed E-state index contributed by atoms with van der Waals surface area (Å²) in [6.07, 6.45) is 0. The molecule has 0 atom stereocenters. The number of hydrogen-bond acceptors (Lipinski definition) is 4. The second kappa shape index (κ2) is 5.88. The average molecular weight is 269 g/mol. The number of nitrogens with one attached hydrogen (secondary N) is 1. The van der Waals surface area contributed by atoms with E-state index in [1.165, 1.54) is 12.1 Å². The van der Waals surface area contributed by atoms with Gasteiger partial charge in [-0.05, 0) is 25.1 Å². The fraction of sp³-hybridized carbons (Fsp3) is 0.0667. The van der Waals surface area contributed by atoms with E-state index in [0.29, 0.717) is 11.4 Å². The molecule has 0 spiro atoms. The smallest absolute Gasteiger partial charge is 0.275 e. The van der Waals surface area contributed by atoms with E-state index in [1.54, 1.807) is 25.1 Å². The Kier molecular flexibility index (Phi) is 4.00. The number of hydrazone groups is 1. The number of phenolic OH excluding ortho intramolecular Hbond substituents is 1. The molecule has 0 saturated carbocycles. The predicted molar refractivity (Wildman–Crippen MR) is 78.6 cm³/mol. The Balaban J connectivity index is 2.16. The molecule has 5 nitrogen and oxygen atoms in total. The molecule has 20 heavy (non-hydrogen) atoms. The summed E-state index contributed by atoms with van der Waals surface area (Å²) in [6, 6.07) is 13.5. The summed E-state index contributed by atoms with van der Waals surface area (Å²) < 4.78 is 0. The van der Waals surface area contributed by atoms with Crippen LogP contribution in [0.1, 0.15) is 22.8 Å². The number of hydrogen-bond donors (Lipinski definition) is 3. The zero-order valence-corrected chi connectivity index (χ0v) is 11.0. The van der Waals surface area contributed by atoms with Crippen LogP contribution in [0.25, 0.3) is 0 Å². The Morgan fingerprint density at radius 3 is 2.35 bits per heavy atom. The van der Waals surface area contributed by atoms with Gasteiger partial charge in [-0.15, -0.1) is 0 Å². The molecule has 0 radical (unpaired) electrons. The van der Waals surface area contributed by atoms with Crippen molar-refractivity contribution in [3.05, 3.63) is 59.7 Å². The van der Waals surface area contributed by atoms with Crippen LogP contribution in [0.3, 0.4) is 0 Å². The first-order valence-electron chi connectivity index (χ1n) is 6.07. The van der Waals surface area contributed by atoms with Crippen molar-refractivity contribution in [2.45, 2.75) is 6.92 Å². The van der Waals surface area contributed by atoms with E-state index in [1.807, 2.05) is 18.2 Å². The summed E-state index contributed by atoms with van der Waals surface area (Å²) in [5, 5.41) is 13.6. The van der Waals surface area contributed by atoms with Crippen molar-refractivity contribution in [3.63, 3.8) is 0 Å². The minimum atomic E-state index is -0.475. The number of anilines is 1. The van der Waals surface area contributed by atoms with Gasteiger partial charge in [0.1, 0.15) is 5.75 Å². The first-order chi connectivity index (χ1) is 9.59. The molecule has 0 aliphatic rings. The van der Waals surface area contributed by atoms with Gasteiger partial charge in [0, 0.05) is 11.3 Å². The summed E-state index contributed by atoms with van der Waals surface area (Å²) in [6.45, 7) is 1.75. The molecular formula is C15H15N3O2. The lowest BCUT2D eigenvalue weighted by Gasteiger charge is -2.06. The molecule has 0 unspecified atom stereocenters. The zero-order valence-electron chi connectivity index (χ0n) is 11.0. The number of nitrogens with zero attached hydrogens (tertiary/aromatic N) is 1. The van der Waals surface area contributed by atoms with Crippen LogP contribution in [0.15, 0.2) is 53.6 Å². The summed E-state index contributed by atoms with van der Waals surface area (Å²) >= 11 is 0. The van der Waals surface area contributed by atoms with Gasteiger partial charge in [-0.3, -0.25) is 4.79 Å². The molecule has 0 aliphatic heterocycles. The number of nitrogens with two attached hydrogens (primary N) is 1. The SMILES string of the molecule is C/C(=N\NC(=O)c1ccccc1O)c1ccccc1N. The summed E-state index contributed by atoms with van der Waals surface area (Å²) in [7, 11) is 0. The molecule has 2 aromatic carbocycles. The summed E-state index contributed by atoms with van der Waals surface area (Å²) in [5.74, 6) is -0.561. The Bertz CT molecular complexity index is 666. The van der Waals surface area contributed by atoms with Crippen molar-refractivity contribution in [2.24, 2.45) is 5.10 Å². The van der Waals surface area contributed by atoms with E-state index in [9.17, 15) is 9.90 Å². The molecule has 2 aromatic rings. The van der Waals surface area contributed by atoms with E-state index < -0.39 is 5.91 Å². The third-order valence-electron chi connectivity index (χ3n) is 2.82. The highest BCUT2D eigenvalue weighted by molar-refractivity contribution is 6.04. The Morgan fingerprint density at radius 2 is 1.70 bits per heavy atom. The lowest BCUT2D eigenvalue weighted by Crippen LogP contribution is -2.19. The number of carbonyl (C=O) groups is 1. The molecule has 2 rings (SSSR count). The molecule has 4 N–H and O–H groups in total. The maximum atomic E-state index is 11.9. The van der Waals surface area contributed by atoms with Crippen molar-refractivity contribution >= 4 is 17.3 Å². The number of para-hydroxylation sites is 2. The van der Waals surface area contributed by atoms with E-state index in [4.69, 9.17) is 5.73 Å². The van der Waals surface area contributed by atoms with E-state index in [0.717, 1.165) is 5.56 Å². The quantitative estimate of drug-likeness (QED) is 0.453. The van der Waals surface area contributed by atoms with E-state index in [2.05, 4.69) is 10.5 Å². The van der Waals surface area contributed by atoms with Gasteiger partial charge < -0.3 is 10.8 Å². The van der Waals surface area contributed by atoms with Crippen LogP contribution in [-0.2, 0) is 0 Å². The highest BCUT2D eigenvalue weighted by atomic mass is 16.3. The first kappa shape index (κ1) is 13.6. The third kappa shape index (κ3) is 2.95. The van der Waals surface area contributed by atoms with Crippen LogP contribution < -0.4 is 11.2 Å². The van der Waals surface area contributed by atoms with Crippen LogP contribution in [0, 0.1) is 0 Å². The Labute approximate surface area is 116 Å². The second-order valence-electron chi connectivity index (χ2n) is 4.24. The monoisotopic (exact) mass is 269 g/mol. The van der Waals surface area contributed by atoms with Gasteiger partial charge in [-0.2, -0.15) is 5.10 Å². The van der Waals surface area contributed by atoms with E-state index in [-0.39, 0.29) is 11.3 Å². The van der Waals surface area contributed by atoms with Gasteiger partial charge in [-0.25, -0.2) is 5.43 Å². The number of rotatable bonds is 3. The number of benzene rings is 2. The maximum Gasteiger partial charge on any atom is 0.275 e. The first-order valence-corrected chi connectivity index (χ1v) is 6.07. The lowest BCUT2D eigenvalue weighted by molar-refractivity contribution is 0.0952. The van der Waals surface area contributed by atoms with Gasteiger partial charge in [0.05, 0.1) is 11.3 Å². The van der Waals surface area contributed by atoms with Crippen molar-refractivity contribution in [2.75, 3.05) is 5.73 Å². The minimum Gasteiger partial charge on any atom is -0.507 e. The molecule has 5 heteroatoms. The van der Waals surface area contributed by atoms with Crippen LogP contribution in [0.5, 0.6) is 5.75 Å². The summed E-state index contributed by atoms with van der Waals surface area (Å²) in [4.78, 5) is 11.9. The molecule has 0 aliphatic carbocycles. The van der Waals surface area contributed by atoms with Crippen molar-refractivity contribution < 1.29 is 9.90 Å². The Morgan fingerprint density at radius 1 is 1.10 bits per heavy atom. The number of phenols is 1. The van der Waals surface area contributed by atoms with Crippen molar-refractivity contribution in [3.8, 4) is 5.75 Å². The molecule has 0 saturated heterocycles. The van der Waals surface area contributed by atoms with Crippen LogP contribution in [-0.4, -0.2) is 16.7 Å². The number of amides is 1. The molecule has 1 amide bonds. The second-order valence-corrected chi connectivity index (χ2v) is 4.24. The molecule has 0 heterocycles. The van der Waals surface area contributed by atoms with Gasteiger partial charge in [0.2, 0.25) is 0 Å². The molecule has 0 bridgehead atoms. The van der Waals surface area contributed by atoms with Gasteiger partial charge in [-0.1, -0.05) is 30.3 Å². The molecule has 102 valence electrons. The Hall–Kier alpha value is -2.82. The maximum absolute atomic E-state index is 11.9. The normalized spacial score (nSPS) is 11.2. The molecule has 0 aromatic heterocycles. The van der Waals surface area contributed by atoms with Crippen LogP contribution in [0.4, 0.5) is 5.69 Å². The predicted octanol–water partition coefficient (Wildman–Crippen LogP) is 2.13.